The standard InChI is InChI=1S/C28H27F2N5O3S/c29-23-14-24(30)16-25(15-23)35-28(36)27(22-8-6-20(17-31)7-9-22)26(18-32-35)33-10-12-34(13-11-33)39(37,38)19-21-4-2-1-3-5-21/h1-9,14-16,18H,10-13,17,19,31H2. The van der Waals surface area contributed by atoms with Gasteiger partial charge >= 0.3 is 0 Å². The van der Waals surface area contributed by atoms with Crippen molar-refractivity contribution < 1.29 is 17.2 Å². The van der Waals surface area contributed by atoms with E-state index in [1.807, 2.05) is 11.0 Å². The normalized spacial score (nSPS) is 14.5. The molecule has 0 saturated carbocycles. The van der Waals surface area contributed by atoms with Crippen molar-refractivity contribution in [2.75, 3.05) is 31.1 Å². The molecule has 8 nitrogen and oxygen atoms in total. The van der Waals surface area contributed by atoms with Gasteiger partial charge in [0.05, 0.1) is 28.9 Å². The molecule has 3 aromatic carbocycles. The molecule has 0 aliphatic carbocycles. The van der Waals surface area contributed by atoms with Crippen LogP contribution in [0.15, 0.2) is 83.8 Å². The van der Waals surface area contributed by atoms with Crippen LogP contribution in [0.4, 0.5) is 14.5 Å². The van der Waals surface area contributed by atoms with E-state index in [4.69, 9.17) is 5.73 Å². The number of hydrogen-bond acceptors (Lipinski definition) is 6. The van der Waals surface area contributed by atoms with E-state index in [1.54, 1.807) is 48.5 Å². The van der Waals surface area contributed by atoms with Gasteiger partial charge in [-0.2, -0.15) is 14.1 Å². The number of rotatable bonds is 7. The summed E-state index contributed by atoms with van der Waals surface area (Å²) in [5, 5.41) is 4.23. The first-order valence-electron chi connectivity index (χ1n) is 12.4. The SMILES string of the molecule is NCc1ccc(-c2c(N3CCN(S(=O)(=O)Cc4ccccc4)CC3)cnn(-c3cc(F)cc(F)c3)c2=O)cc1. The quantitative estimate of drug-likeness (QED) is 0.378. The Kier molecular flexibility index (Phi) is 7.56. The minimum atomic E-state index is -3.53. The molecular formula is C28H27F2N5O3S. The maximum absolute atomic E-state index is 13.9. The molecule has 0 spiro atoms. The van der Waals surface area contributed by atoms with Crippen molar-refractivity contribution in [2.24, 2.45) is 5.73 Å². The zero-order valence-electron chi connectivity index (χ0n) is 21.0. The smallest absolute Gasteiger partial charge is 0.281 e. The first kappa shape index (κ1) is 26.7. The molecule has 0 unspecified atom stereocenters. The Labute approximate surface area is 225 Å². The van der Waals surface area contributed by atoms with Crippen LogP contribution < -0.4 is 16.2 Å². The zero-order chi connectivity index (χ0) is 27.6. The van der Waals surface area contributed by atoms with Gasteiger partial charge in [0.15, 0.2) is 0 Å². The Bertz CT molecular complexity index is 1620. The first-order valence-corrected chi connectivity index (χ1v) is 14.0. The number of piperazine rings is 1. The van der Waals surface area contributed by atoms with Gasteiger partial charge in [-0.3, -0.25) is 4.79 Å². The molecular weight excluding hydrogens is 524 g/mol. The van der Waals surface area contributed by atoms with Gasteiger partial charge in [0.1, 0.15) is 11.6 Å². The summed E-state index contributed by atoms with van der Waals surface area (Å²) in [6.45, 7) is 1.47. The minimum Gasteiger partial charge on any atom is -0.367 e. The van der Waals surface area contributed by atoms with E-state index in [0.717, 1.165) is 28.4 Å². The van der Waals surface area contributed by atoms with Crippen LogP contribution in [-0.4, -0.2) is 48.7 Å². The molecule has 11 heteroatoms. The second-order valence-corrected chi connectivity index (χ2v) is 11.2. The molecule has 0 atom stereocenters. The van der Waals surface area contributed by atoms with Gasteiger partial charge in [0.25, 0.3) is 5.56 Å². The van der Waals surface area contributed by atoms with E-state index in [2.05, 4.69) is 5.10 Å². The highest BCUT2D eigenvalue weighted by Crippen LogP contribution is 2.29. The summed E-state index contributed by atoms with van der Waals surface area (Å²) >= 11 is 0. The summed E-state index contributed by atoms with van der Waals surface area (Å²) in [5.74, 6) is -1.75. The van der Waals surface area contributed by atoms with Gasteiger partial charge < -0.3 is 10.6 Å². The molecule has 202 valence electrons. The summed E-state index contributed by atoms with van der Waals surface area (Å²) in [7, 11) is -3.53. The monoisotopic (exact) mass is 551 g/mol. The molecule has 0 amide bonds. The van der Waals surface area contributed by atoms with E-state index in [0.29, 0.717) is 42.0 Å². The third-order valence-electron chi connectivity index (χ3n) is 6.69. The Balaban J connectivity index is 1.48. The number of anilines is 1. The van der Waals surface area contributed by atoms with E-state index >= 15 is 0 Å². The number of halogens is 2. The van der Waals surface area contributed by atoms with Crippen LogP contribution >= 0.6 is 0 Å². The first-order chi connectivity index (χ1) is 18.7. The van der Waals surface area contributed by atoms with Gasteiger partial charge in [-0.05, 0) is 28.8 Å². The summed E-state index contributed by atoms with van der Waals surface area (Å²) in [6.07, 6.45) is 1.48. The summed E-state index contributed by atoms with van der Waals surface area (Å²) in [5.41, 5.74) is 8.10. The van der Waals surface area contributed by atoms with Gasteiger partial charge in [-0.25, -0.2) is 17.2 Å². The van der Waals surface area contributed by atoms with Crippen LogP contribution in [0.1, 0.15) is 11.1 Å². The fourth-order valence-electron chi connectivity index (χ4n) is 4.69. The van der Waals surface area contributed by atoms with Crippen molar-refractivity contribution in [1.82, 2.24) is 14.1 Å². The Morgan fingerprint density at radius 2 is 1.49 bits per heavy atom. The molecule has 1 aliphatic rings. The molecule has 0 bridgehead atoms. The van der Waals surface area contributed by atoms with Crippen molar-refractivity contribution in [3.63, 3.8) is 0 Å². The molecule has 2 N–H and O–H groups in total. The average Bonchev–Trinajstić information content (AvgIpc) is 2.93. The van der Waals surface area contributed by atoms with Crippen LogP contribution in [-0.2, 0) is 22.3 Å². The number of hydrogen-bond donors (Lipinski definition) is 1. The summed E-state index contributed by atoms with van der Waals surface area (Å²) < 4.78 is 56.3. The molecule has 1 fully saturated rings. The molecule has 1 aromatic heterocycles. The van der Waals surface area contributed by atoms with Crippen LogP contribution in [0.5, 0.6) is 0 Å². The lowest BCUT2D eigenvalue weighted by Gasteiger charge is -2.36. The number of sulfonamides is 1. The third kappa shape index (κ3) is 5.75. The van der Waals surface area contributed by atoms with Crippen LogP contribution in [0.3, 0.4) is 0 Å². The Morgan fingerprint density at radius 3 is 2.10 bits per heavy atom. The predicted octanol–water partition coefficient (Wildman–Crippen LogP) is 3.29. The third-order valence-corrected chi connectivity index (χ3v) is 8.54. The van der Waals surface area contributed by atoms with Gasteiger partial charge in [0, 0.05) is 38.8 Å². The van der Waals surface area contributed by atoms with Crippen molar-refractivity contribution in [3.05, 3.63) is 112 Å². The molecule has 5 rings (SSSR count). The number of benzene rings is 3. The summed E-state index contributed by atoms with van der Waals surface area (Å²) in [6, 6.07) is 18.9. The molecule has 2 heterocycles. The number of nitrogens with zero attached hydrogens (tertiary/aromatic N) is 4. The molecule has 1 saturated heterocycles. The zero-order valence-corrected chi connectivity index (χ0v) is 21.8. The highest BCUT2D eigenvalue weighted by atomic mass is 32.2. The highest BCUT2D eigenvalue weighted by molar-refractivity contribution is 7.88. The highest BCUT2D eigenvalue weighted by Gasteiger charge is 2.29. The summed E-state index contributed by atoms with van der Waals surface area (Å²) in [4.78, 5) is 15.6. The molecule has 4 aromatic rings. The minimum absolute atomic E-state index is 0.0410. The lowest BCUT2D eigenvalue weighted by atomic mass is 10.0. The van der Waals surface area contributed by atoms with E-state index in [-0.39, 0.29) is 24.5 Å². The fourth-order valence-corrected chi connectivity index (χ4v) is 6.21. The topological polar surface area (TPSA) is 102 Å². The molecule has 0 radical (unpaired) electrons. The van der Waals surface area contributed by atoms with Gasteiger partial charge in [-0.15, -0.1) is 0 Å². The van der Waals surface area contributed by atoms with E-state index in [1.165, 1.54) is 10.5 Å². The average molecular weight is 552 g/mol. The van der Waals surface area contributed by atoms with Crippen LogP contribution in [0, 0.1) is 11.6 Å². The number of aromatic nitrogens is 2. The van der Waals surface area contributed by atoms with E-state index < -0.39 is 27.2 Å². The second kappa shape index (κ2) is 11.0. The van der Waals surface area contributed by atoms with Crippen LogP contribution in [0.25, 0.3) is 16.8 Å². The Hall–Kier alpha value is -3.93. The maximum Gasteiger partial charge on any atom is 0.281 e. The van der Waals surface area contributed by atoms with E-state index in [9.17, 15) is 22.0 Å². The predicted molar refractivity (Wildman–Crippen MR) is 146 cm³/mol. The largest absolute Gasteiger partial charge is 0.367 e. The fraction of sp³-hybridized carbons (Fsp3) is 0.214. The van der Waals surface area contributed by atoms with Gasteiger partial charge in [-0.1, -0.05) is 54.6 Å². The van der Waals surface area contributed by atoms with Crippen molar-refractivity contribution in [3.8, 4) is 16.8 Å². The lowest BCUT2D eigenvalue weighted by Crippen LogP contribution is -2.49. The van der Waals surface area contributed by atoms with Crippen molar-refractivity contribution in [2.45, 2.75) is 12.3 Å². The van der Waals surface area contributed by atoms with Gasteiger partial charge in [0.2, 0.25) is 10.0 Å². The Morgan fingerprint density at radius 1 is 0.846 bits per heavy atom. The second-order valence-electron chi connectivity index (χ2n) is 9.28. The molecule has 1 aliphatic heterocycles. The van der Waals surface area contributed by atoms with Crippen molar-refractivity contribution >= 4 is 15.7 Å². The maximum atomic E-state index is 13.9. The number of nitrogens with two attached hydrogens (primary N) is 1. The van der Waals surface area contributed by atoms with Crippen LogP contribution in [0.2, 0.25) is 0 Å². The molecule has 39 heavy (non-hydrogen) atoms. The van der Waals surface area contributed by atoms with Crippen molar-refractivity contribution in [1.29, 1.82) is 0 Å². The lowest BCUT2D eigenvalue weighted by molar-refractivity contribution is 0.384.